The topological polar surface area (TPSA) is 113 Å². The van der Waals surface area contributed by atoms with Crippen molar-refractivity contribution in [3.8, 4) is 40.5 Å². The molecule has 0 aliphatic carbocycles. The number of methoxy groups -OCH3 is 1. The maximum atomic E-state index is 9.85. The molecular formula is C21H16N4O4. The number of hydrogen-bond acceptors (Lipinski definition) is 7. The maximum Gasteiger partial charge on any atom is 0.244 e. The van der Waals surface area contributed by atoms with Crippen LogP contribution in [-0.4, -0.2) is 30.0 Å². The lowest BCUT2D eigenvalue weighted by molar-refractivity contribution is 0.171. The number of ether oxygens (including phenoxy) is 4. The highest BCUT2D eigenvalue weighted by atomic mass is 16.7. The Labute approximate surface area is 166 Å². The molecule has 0 bridgehead atoms. The molecule has 0 fully saturated rings. The van der Waals surface area contributed by atoms with E-state index in [9.17, 15) is 5.26 Å². The Hall–Kier alpha value is -3.99. The highest BCUT2D eigenvalue weighted by molar-refractivity contribution is 5.86. The van der Waals surface area contributed by atoms with Gasteiger partial charge in [0.2, 0.25) is 24.3 Å². The molecule has 2 unspecified atom stereocenters. The second-order valence-electron chi connectivity index (χ2n) is 6.69. The van der Waals surface area contributed by atoms with Gasteiger partial charge in [0, 0.05) is 5.92 Å². The van der Waals surface area contributed by atoms with Gasteiger partial charge < -0.3 is 18.9 Å². The number of fused-ring (bicyclic) bond motifs is 2. The van der Waals surface area contributed by atoms with Crippen LogP contribution in [0.5, 0.6) is 23.1 Å². The van der Waals surface area contributed by atoms with Crippen LogP contribution in [0.25, 0.3) is 11.3 Å². The highest BCUT2D eigenvalue weighted by Gasteiger charge is 2.41. The van der Waals surface area contributed by atoms with Crippen molar-refractivity contribution in [2.75, 3.05) is 13.9 Å². The van der Waals surface area contributed by atoms with E-state index >= 15 is 0 Å². The Bertz CT molecular complexity index is 1150. The van der Waals surface area contributed by atoms with Gasteiger partial charge in [-0.1, -0.05) is 30.3 Å². The molecule has 0 radical (unpaired) electrons. The van der Waals surface area contributed by atoms with Crippen LogP contribution in [0.1, 0.15) is 17.0 Å². The number of H-pyrrole nitrogens is 1. The smallest absolute Gasteiger partial charge is 0.244 e. The van der Waals surface area contributed by atoms with E-state index in [0.717, 1.165) is 22.4 Å². The van der Waals surface area contributed by atoms with E-state index in [2.05, 4.69) is 16.3 Å². The third-order valence-corrected chi connectivity index (χ3v) is 5.14. The summed E-state index contributed by atoms with van der Waals surface area (Å²) in [6.07, 6.45) is 0. The Morgan fingerprint density at radius 1 is 1.24 bits per heavy atom. The van der Waals surface area contributed by atoms with E-state index in [1.54, 1.807) is 7.11 Å². The SMILES string of the molecule is COc1cc(C2c3c(n[nH]c3-c3ccccc3)OC(=N)C2C#N)cc2c1OCO2. The molecule has 2 aliphatic rings. The number of aromatic nitrogens is 2. The molecule has 1 aromatic heterocycles. The Morgan fingerprint density at radius 2 is 2.07 bits per heavy atom. The van der Waals surface area contributed by atoms with Crippen molar-refractivity contribution in [3.05, 3.63) is 53.6 Å². The van der Waals surface area contributed by atoms with Gasteiger partial charge in [-0.2, -0.15) is 5.26 Å². The first-order valence-corrected chi connectivity index (χ1v) is 8.98. The minimum absolute atomic E-state index is 0.104. The molecule has 3 aromatic rings. The summed E-state index contributed by atoms with van der Waals surface area (Å²) in [5.41, 5.74) is 3.13. The molecule has 2 atom stereocenters. The van der Waals surface area contributed by atoms with Crippen LogP contribution in [0.15, 0.2) is 42.5 Å². The fourth-order valence-electron chi connectivity index (χ4n) is 3.83. The molecule has 2 N–H and O–H groups in total. The number of nitrogens with one attached hydrogen (secondary N) is 2. The molecule has 0 saturated heterocycles. The van der Waals surface area contributed by atoms with Gasteiger partial charge in [0.15, 0.2) is 11.5 Å². The fourth-order valence-corrected chi connectivity index (χ4v) is 3.83. The number of nitriles is 1. The van der Waals surface area contributed by atoms with E-state index in [1.807, 2.05) is 42.5 Å². The summed E-state index contributed by atoms with van der Waals surface area (Å²) in [6.45, 7) is 0.104. The average Bonchev–Trinajstić information content (AvgIpc) is 3.39. The Balaban J connectivity index is 1.74. The zero-order valence-electron chi connectivity index (χ0n) is 15.4. The Morgan fingerprint density at radius 3 is 2.83 bits per heavy atom. The van der Waals surface area contributed by atoms with Crippen molar-refractivity contribution in [2.45, 2.75) is 5.92 Å². The van der Waals surface area contributed by atoms with Crippen molar-refractivity contribution < 1.29 is 18.9 Å². The molecule has 0 amide bonds. The molecular weight excluding hydrogens is 372 g/mol. The summed E-state index contributed by atoms with van der Waals surface area (Å²) < 4.78 is 22.1. The number of rotatable bonds is 3. The summed E-state index contributed by atoms with van der Waals surface area (Å²) in [7, 11) is 1.55. The molecule has 0 saturated carbocycles. The van der Waals surface area contributed by atoms with Gasteiger partial charge >= 0.3 is 0 Å². The van der Waals surface area contributed by atoms with E-state index in [-0.39, 0.29) is 12.7 Å². The van der Waals surface area contributed by atoms with Gasteiger partial charge in [-0.25, -0.2) is 0 Å². The van der Waals surface area contributed by atoms with Crippen LogP contribution < -0.4 is 18.9 Å². The first-order chi connectivity index (χ1) is 14.2. The minimum Gasteiger partial charge on any atom is -0.493 e. The van der Waals surface area contributed by atoms with Gasteiger partial charge in [-0.05, 0) is 23.3 Å². The second kappa shape index (κ2) is 6.56. The summed E-state index contributed by atoms with van der Waals surface area (Å²) in [5, 5.41) is 25.4. The molecule has 29 heavy (non-hydrogen) atoms. The average molecular weight is 388 g/mol. The number of benzene rings is 2. The molecule has 8 heteroatoms. The van der Waals surface area contributed by atoms with Gasteiger partial charge in [0.1, 0.15) is 5.92 Å². The monoisotopic (exact) mass is 388 g/mol. The van der Waals surface area contributed by atoms with Crippen molar-refractivity contribution in [3.63, 3.8) is 0 Å². The molecule has 2 aromatic carbocycles. The lowest BCUT2D eigenvalue weighted by Gasteiger charge is -2.28. The van der Waals surface area contributed by atoms with Crippen LogP contribution >= 0.6 is 0 Å². The van der Waals surface area contributed by atoms with Crippen molar-refractivity contribution in [1.29, 1.82) is 10.7 Å². The lowest BCUT2D eigenvalue weighted by Crippen LogP contribution is -2.30. The fraction of sp³-hybridized carbons (Fsp3) is 0.190. The zero-order valence-corrected chi connectivity index (χ0v) is 15.4. The van der Waals surface area contributed by atoms with Crippen LogP contribution in [0.4, 0.5) is 0 Å². The largest absolute Gasteiger partial charge is 0.493 e. The third-order valence-electron chi connectivity index (χ3n) is 5.14. The van der Waals surface area contributed by atoms with Gasteiger partial charge in [-0.3, -0.25) is 10.5 Å². The minimum atomic E-state index is -0.826. The van der Waals surface area contributed by atoms with Crippen LogP contribution in [0.3, 0.4) is 0 Å². The number of hydrogen-bond donors (Lipinski definition) is 2. The summed E-state index contributed by atoms with van der Waals surface area (Å²) in [6, 6.07) is 15.5. The second-order valence-corrected chi connectivity index (χ2v) is 6.69. The summed E-state index contributed by atoms with van der Waals surface area (Å²) in [5.74, 6) is 0.412. The third kappa shape index (κ3) is 2.59. The first-order valence-electron chi connectivity index (χ1n) is 8.98. The zero-order chi connectivity index (χ0) is 20.0. The summed E-state index contributed by atoms with van der Waals surface area (Å²) >= 11 is 0. The van der Waals surface area contributed by atoms with Gasteiger partial charge in [0.25, 0.3) is 0 Å². The van der Waals surface area contributed by atoms with Crippen molar-refractivity contribution in [1.82, 2.24) is 10.2 Å². The molecule has 2 aliphatic heterocycles. The highest BCUT2D eigenvalue weighted by Crippen LogP contribution is 2.50. The molecule has 5 rings (SSSR count). The van der Waals surface area contributed by atoms with Crippen LogP contribution in [-0.2, 0) is 0 Å². The maximum absolute atomic E-state index is 9.85. The van der Waals surface area contributed by atoms with Gasteiger partial charge in [-0.15, -0.1) is 5.10 Å². The van der Waals surface area contributed by atoms with Crippen LogP contribution in [0, 0.1) is 22.7 Å². The predicted molar refractivity (Wildman–Crippen MR) is 102 cm³/mol. The first kappa shape index (κ1) is 17.1. The standard InChI is InChI=1S/C21H16N4O4/c1-26-14-7-12(8-15-19(14)28-10-27-15)16-13(9-22)20(23)29-21-17(16)18(24-25-21)11-5-3-2-4-6-11/h2-8,13,16,23H,10H2,1H3,(H,24,25). The lowest BCUT2D eigenvalue weighted by atomic mass is 9.78. The van der Waals surface area contributed by atoms with Crippen molar-refractivity contribution >= 4 is 5.90 Å². The van der Waals surface area contributed by atoms with E-state index in [0.29, 0.717) is 23.1 Å². The predicted octanol–water partition coefficient (Wildman–Crippen LogP) is 3.46. The Kier molecular flexibility index (Phi) is 3.88. The quantitative estimate of drug-likeness (QED) is 0.710. The molecule has 3 heterocycles. The number of nitrogens with zero attached hydrogens (tertiary/aromatic N) is 2. The molecule has 144 valence electrons. The molecule has 8 nitrogen and oxygen atoms in total. The van der Waals surface area contributed by atoms with Gasteiger partial charge in [0.05, 0.1) is 24.4 Å². The number of aromatic amines is 1. The van der Waals surface area contributed by atoms with E-state index in [4.69, 9.17) is 24.4 Å². The van der Waals surface area contributed by atoms with E-state index in [1.165, 1.54) is 0 Å². The normalized spacial score (nSPS) is 19.2. The van der Waals surface area contributed by atoms with Crippen LogP contribution in [0.2, 0.25) is 0 Å². The summed E-state index contributed by atoms with van der Waals surface area (Å²) in [4.78, 5) is 0. The van der Waals surface area contributed by atoms with E-state index < -0.39 is 11.8 Å². The van der Waals surface area contributed by atoms with Crippen molar-refractivity contribution in [2.24, 2.45) is 5.92 Å². The molecule has 0 spiro atoms.